The van der Waals surface area contributed by atoms with Crippen molar-refractivity contribution in [2.75, 3.05) is 7.11 Å². The first-order chi connectivity index (χ1) is 9.86. The summed E-state index contributed by atoms with van der Waals surface area (Å²) < 4.78 is 10.0. The number of nitrogens with one attached hydrogen (secondary N) is 1. The van der Waals surface area contributed by atoms with Crippen molar-refractivity contribution in [1.82, 2.24) is 20.4 Å². The molecular weight excluding hydrogens is 256 g/mol. The van der Waals surface area contributed by atoms with Crippen LogP contribution < -0.4 is 10.1 Å². The van der Waals surface area contributed by atoms with Gasteiger partial charge in [-0.25, -0.2) is 4.98 Å². The van der Waals surface area contributed by atoms with E-state index in [0.717, 1.165) is 22.3 Å². The summed E-state index contributed by atoms with van der Waals surface area (Å²) in [5.41, 5.74) is 1.80. The summed E-state index contributed by atoms with van der Waals surface area (Å²) in [5, 5.41) is 8.02. The number of fused-ring (bicyclic) bond motifs is 1. The summed E-state index contributed by atoms with van der Waals surface area (Å²) in [6.45, 7) is 1.17. The average molecular weight is 270 g/mol. The van der Waals surface area contributed by atoms with E-state index in [9.17, 15) is 0 Å². The molecule has 0 saturated heterocycles. The average Bonchev–Trinajstić information content (AvgIpc) is 3.00. The topological polar surface area (TPSA) is 73.1 Å². The van der Waals surface area contributed by atoms with Crippen LogP contribution in [0.5, 0.6) is 5.75 Å². The van der Waals surface area contributed by atoms with Crippen LogP contribution in [0.2, 0.25) is 0 Å². The second kappa shape index (κ2) is 5.66. The number of pyridine rings is 1. The smallest absolute Gasteiger partial charge is 0.213 e. The first-order valence-electron chi connectivity index (χ1n) is 6.25. The van der Waals surface area contributed by atoms with Crippen LogP contribution in [0.4, 0.5) is 0 Å². The lowest BCUT2D eigenvalue weighted by molar-refractivity contribution is 0.407. The highest BCUT2D eigenvalue weighted by molar-refractivity contribution is 5.84. The predicted octanol–water partition coefficient (Wildman–Crippen LogP) is 1.92. The molecular formula is C14H14N4O2. The number of benzene rings is 1. The van der Waals surface area contributed by atoms with Gasteiger partial charge in [0, 0.05) is 11.9 Å². The molecule has 3 rings (SSSR count). The minimum atomic E-state index is 0.544. The van der Waals surface area contributed by atoms with Crippen molar-refractivity contribution >= 4 is 10.9 Å². The first-order valence-corrected chi connectivity index (χ1v) is 6.25. The van der Waals surface area contributed by atoms with E-state index in [2.05, 4.69) is 25.0 Å². The van der Waals surface area contributed by atoms with Gasteiger partial charge in [-0.1, -0.05) is 23.4 Å². The molecule has 0 aliphatic rings. The fourth-order valence-corrected chi connectivity index (χ4v) is 2.00. The Morgan fingerprint density at radius 1 is 1.20 bits per heavy atom. The summed E-state index contributed by atoms with van der Waals surface area (Å²) in [7, 11) is 1.65. The van der Waals surface area contributed by atoms with Gasteiger partial charge in [0.25, 0.3) is 0 Å². The molecule has 0 spiro atoms. The molecule has 102 valence electrons. The van der Waals surface area contributed by atoms with Gasteiger partial charge < -0.3 is 14.6 Å². The number of rotatable bonds is 5. The van der Waals surface area contributed by atoms with E-state index >= 15 is 0 Å². The van der Waals surface area contributed by atoms with Crippen molar-refractivity contribution in [2.24, 2.45) is 0 Å². The molecule has 6 nitrogen and oxygen atoms in total. The fraction of sp³-hybridized carbons (Fsp3) is 0.214. The third kappa shape index (κ3) is 2.60. The van der Waals surface area contributed by atoms with Crippen LogP contribution >= 0.6 is 0 Å². The van der Waals surface area contributed by atoms with E-state index in [4.69, 9.17) is 4.74 Å². The summed E-state index contributed by atoms with van der Waals surface area (Å²) in [6, 6.07) is 9.91. The van der Waals surface area contributed by atoms with Gasteiger partial charge in [-0.15, -0.1) is 0 Å². The molecule has 0 bridgehead atoms. The van der Waals surface area contributed by atoms with Gasteiger partial charge in [0.1, 0.15) is 11.3 Å². The minimum Gasteiger partial charge on any atom is -0.494 e. The van der Waals surface area contributed by atoms with Crippen molar-refractivity contribution in [2.45, 2.75) is 13.1 Å². The van der Waals surface area contributed by atoms with Gasteiger partial charge >= 0.3 is 0 Å². The van der Waals surface area contributed by atoms with E-state index in [1.807, 2.05) is 30.3 Å². The molecule has 1 N–H and O–H groups in total. The number of hydrogen-bond donors (Lipinski definition) is 1. The highest BCUT2D eigenvalue weighted by Gasteiger charge is 2.04. The second-order valence-electron chi connectivity index (χ2n) is 4.29. The highest BCUT2D eigenvalue weighted by atomic mass is 16.5. The molecule has 0 fully saturated rings. The molecule has 0 amide bonds. The Morgan fingerprint density at radius 2 is 2.15 bits per heavy atom. The minimum absolute atomic E-state index is 0.544. The molecule has 0 aliphatic heterocycles. The van der Waals surface area contributed by atoms with Crippen molar-refractivity contribution < 1.29 is 9.26 Å². The Bertz CT molecular complexity index is 697. The Balaban J connectivity index is 1.75. The Morgan fingerprint density at radius 3 is 2.95 bits per heavy atom. The Hall–Kier alpha value is -2.47. The van der Waals surface area contributed by atoms with E-state index in [-0.39, 0.29) is 0 Å². The van der Waals surface area contributed by atoms with Crippen LogP contribution in [0.25, 0.3) is 10.9 Å². The maximum absolute atomic E-state index is 5.33. The molecule has 2 heterocycles. The van der Waals surface area contributed by atoms with E-state index in [1.165, 1.54) is 6.39 Å². The molecule has 2 aromatic heterocycles. The number of nitrogens with zero attached hydrogens (tertiary/aromatic N) is 3. The van der Waals surface area contributed by atoms with Gasteiger partial charge in [0.15, 0.2) is 5.82 Å². The van der Waals surface area contributed by atoms with Gasteiger partial charge in [0.05, 0.1) is 19.3 Å². The van der Waals surface area contributed by atoms with Crippen molar-refractivity contribution in [3.8, 4) is 5.75 Å². The van der Waals surface area contributed by atoms with Gasteiger partial charge in [0.2, 0.25) is 6.39 Å². The third-order valence-electron chi connectivity index (χ3n) is 2.96. The molecule has 0 aliphatic carbocycles. The normalized spacial score (nSPS) is 10.8. The fourth-order valence-electron chi connectivity index (χ4n) is 2.00. The number of hydrogen-bond acceptors (Lipinski definition) is 6. The molecule has 0 saturated carbocycles. The van der Waals surface area contributed by atoms with Crippen molar-refractivity contribution in [3.05, 3.63) is 48.2 Å². The van der Waals surface area contributed by atoms with E-state index in [1.54, 1.807) is 7.11 Å². The molecule has 0 atom stereocenters. The summed E-state index contributed by atoms with van der Waals surface area (Å²) >= 11 is 0. The summed E-state index contributed by atoms with van der Waals surface area (Å²) in [4.78, 5) is 8.56. The van der Waals surface area contributed by atoms with Gasteiger partial charge in [-0.3, -0.25) is 0 Å². The van der Waals surface area contributed by atoms with E-state index < -0.39 is 0 Å². The molecule has 3 aromatic rings. The van der Waals surface area contributed by atoms with Crippen LogP contribution in [-0.2, 0) is 13.1 Å². The second-order valence-corrected chi connectivity index (χ2v) is 4.29. The maximum Gasteiger partial charge on any atom is 0.213 e. The Kier molecular flexibility index (Phi) is 3.56. The van der Waals surface area contributed by atoms with Crippen LogP contribution in [-0.4, -0.2) is 22.2 Å². The number of aromatic nitrogens is 3. The first kappa shape index (κ1) is 12.6. The van der Waals surface area contributed by atoms with Gasteiger partial charge in [-0.05, 0) is 12.1 Å². The molecule has 1 aromatic carbocycles. The van der Waals surface area contributed by atoms with Crippen molar-refractivity contribution in [1.29, 1.82) is 0 Å². The largest absolute Gasteiger partial charge is 0.494 e. The van der Waals surface area contributed by atoms with E-state index in [0.29, 0.717) is 18.9 Å². The lowest BCUT2D eigenvalue weighted by Crippen LogP contribution is -2.14. The monoisotopic (exact) mass is 270 g/mol. The third-order valence-corrected chi connectivity index (χ3v) is 2.96. The van der Waals surface area contributed by atoms with Gasteiger partial charge in [-0.2, -0.15) is 4.98 Å². The Labute approximate surface area is 115 Å². The van der Waals surface area contributed by atoms with Crippen molar-refractivity contribution in [3.63, 3.8) is 0 Å². The predicted molar refractivity (Wildman–Crippen MR) is 73.1 cm³/mol. The van der Waals surface area contributed by atoms with Crippen LogP contribution in [0.1, 0.15) is 11.5 Å². The van der Waals surface area contributed by atoms with Crippen LogP contribution in [0.15, 0.2) is 41.2 Å². The number of methoxy groups -OCH3 is 1. The summed E-state index contributed by atoms with van der Waals surface area (Å²) in [6.07, 6.45) is 1.32. The molecule has 0 unspecified atom stereocenters. The highest BCUT2D eigenvalue weighted by Crippen LogP contribution is 2.23. The quantitative estimate of drug-likeness (QED) is 0.763. The molecule has 0 radical (unpaired) electrons. The van der Waals surface area contributed by atoms with Crippen LogP contribution in [0.3, 0.4) is 0 Å². The lowest BCUT2D eigenvalue weighted by atomic mass is 10.2. The zero-order valence-corrected chi connectivity index (χ0v) is 11.0. The summed E-state index contributed by atoms with van der Waals surface area (Å²) in [5.74, 6) is 1.41. The molecule has 20 heavy (non-hydrogen) atoms. The number of para-hydroxylation sites is 1. The zero-order valence-electron chi connectivity index (χ0n) is 11.0. The molecule has 6 heteroatoms. The van der Waals surface area contributed by atoms with Crippen LogP contribution in [0, 0.1) is 0 Å². The zero-order chi connectivity index (χ0) is 13.8. The lowest BCUT2D eigenvalue weighted by Gasteiger charge is -2.07. The standard InChI is InChI=1S/C14H14N4O2/c1-19-12-4-2-3-10-5-6-11(17-14(10)12)7-15-8-13-16-9-20-18-13/h2-6,9,15H,7-8H2,1H3. The SMILES string of the molecule is COc1cccc2ccc(CNCc3ncon3)nc12. The number of ether oxygens (including phenoxy) is 1. The maximum atomic E-state index is 5.33.